The van der Waals surface area contributed by atoms with Crippen LogP contribution in [0.3, 0.4) is 0 Å². The third kappa shape index (κ3) is 1.43. The molecule has 4 nitrogen and oxygen atoms in total. The summed E-state index contributed by atoms with van der Waals surface area (Å²) >= 11 is 3.50. The highest BCUT2D eigenvalue weighted by Crippen LogP contribution is 2.41. The molecule has 1 N–H and O–H groups in total. The lowest BCUT2D eigenvalue weighted by atomic mass is 10.1. The summed E-state index contributed by atoms with van der Waals surface area (Å²) in [5.74, 6) is -0.143. The predicted octanol–water partition coefficient (Wildman–Crippen LogP) is 0.550. The number of β-lactam (4-membered cyclic amide) rings is 1. The molecule has 13 heavy (non-hydrogen) atoms. The fourth-order valence-corrected chi connectivity index (χ4v) is 3.65. The predicted molar refractivity (Wildman–Crippen MR) is 57.0 cm³/mol. The Hall–Kier alpha value is 0.0200. The molecule has 2 saturated heterocycles. The number of carbonyl (C=O) groups is 2. The number of thioether (sulfide) groups is 1. The van der Waals surface area contributed by atoms with E-state index in [2.05, 4.69) is 0 Å². The van der Waals surface area contributed by atoms with Crippen LogP contribution in [0.4, 0.5) is 0 Å². The van der Waals surface area contributed by atoms with Crippen molar-refractivity contribution in [3.8, 4) is 0 Å². The number of nitrogens with zero attached hydrogens (tertiary/aromatic N) is 1. The van der Waals surface area contributed by atoms with E-state index >= 15 is 0 Å². The summed E-state index contributed by atoms with van der Waals surface area (Å²) in [6.07, 6.45) is 0.580. The monoisotopic (exact) mass is 313 g/mol. The summed E-state index contributed by atoms with van der Waals surface area (Å²) in [6, 6.07) is 0. The number of carbonyl (C=O) groups excluding carboxylic acids is 1. The Morgan fingerprint density at radius 1 is 1.77 bits per heavy atom. The van der Waals surface area contributed by atoms with Gasteiger partial charge in [-0.15, -0.1) is 11.8 Å². The lowest BCUT2D eigenvalue weighted by Gasteiger charge is -2.47. The van der Waals surface area contributed by atoms with Crippen LogP contribution in [0, 0.1) is 0 Å². The van der Waals surface area contributed by atoms with Gasteiger partial charge >= 0.3 is 5.97 Å². The molecule has 0 aromatic rings. The highest BCUT2D eigenvalue weighted by Gasteiger charge is 2.50. The summed E-state index contributed by atoms with van der Waals surface area (Å²) in [6.45, 7) is 0.361. The molecule has 0 spiro atoms. The van der Waals surface area contributed by atoms with E-state index in [1.807, 2.05) is 22.6 Å². The first kappa shape index (κ1) is 9.57. The second kappa shape index (κ2) is 3.01. The minimum absolute atomic E-state index is 0.0829. The van der Waals surface area contributed by atoms with E-state index in [1.54, 1.807) is 16.7 Å². The molecule has 2 aliphatic heterocycles. The lowest BCUT2D eigenvalue weighted by Crippen LogP contribution is -2.62. The van der Waals surface area contributed by atoms with Gasteiger partial charge in [0.2, 0.25) is 5.91 Å². The van der Waals surface area contributed by atoms with Gasteiger partial charge in [-0.3, -0.25) is 9.59 Å². The maximum Gasteiger partial charge on any atom is 0.322 e. The Bertz CT molecular complexity index is 285. The highest BCUT2D eigenvalue weighted by molar-refractivity contribution is 14.1. The number of hydrogen-bond acceptors (Lipinski definition) is 3. The maximum atomic E-state index is 11.1. The number of halogens is 1. The van der Waals surface area contributed by atoms with Gasteiger partial charge in [-0.2, -0.15) is 0 Å². The largest absolute Gasteiger partial charge is 0.480 e. The third-order valence-electron chi connectivity index (χ3n) is 2.33. The molecule has 0 bridgehead atoms. The number of amides is 1. The average Bonchev–Trinajstić information content (AvgIpc) is 2.07. The highest BCUT2D eigenvalue weighted by atomic mass is 127. The Kier molecular flexibility index (Phi) is 2.22. The Morgan fingerprint density at radius 3 is 3.00 bits per heavy atom. The van der Waals surface area contributed by atoms with Gasteiger partial charge < -0.3 is 10.0 Å². The smallest absolute Gasteiger partial charge is 0.322 e. The summed E-state index contributed by atoms with van der Waals surface area (Å²) in [5.41, 5.74) is 0. The van der Waals surface area contributed by atoms with Crippen LogP contribution in [0.2, 0.25) is 0 Å². The lowest BCUT2D eigenvalue weighted by molar-refractivity contribution is -0.146. The molecule has 2 rings (SSSR count). The Labute approximate surface area is 93.2 Å². The van der Waals surface area contributed by atoms with E-state index in [0.29, 0.717) is 18.7 Å². The van der Waals surface area contributed by atoms with Gasteiger partial charge in [0, 0.05) is 12.3 Å². The van der Waals surface area contributed by atoms with Gasteiger partial charge in [-0.1, -0.05) is 22.6 Å². The van der Waals surface area contributed by atoms with Crippen molar-refractivity contribution in [1.82, 2.24) is 4.90 Å². The zero-order chi connectivity index (χ0) is 9.64. The molecule has 0 saturated carbocycles. The molecule has 0 radical (unpaired) electrons. The number of carboxylic acids is 1. The van der Waals surface area contributed by atoms with Crippen molar-refractivity contribution in [3.63, 3.8) is 0 Å². The average molecular weight is 313 g/mol. The summed E-state index contributed by atoms with van der Waals surface area (Å²) in [5, 5.41) is 9.20. The van der Waals surface area contributed by atoms with Crippen LogP contribution in [0.15, 0.2) is 0 Å². The van der Waals surface area contributed by atoms with Crippen LogP contribution in [0.1, 0.15) is 6.42 Å². The minimum Gasteiger partial charge on any atom is -0.480 e. The first-order valence-corrected chi connectivity index (χ1v) is 5.99. The normalized spacial score (nSPS) is 38.1. The van der Waals surface area contributed by atoms with Gasteiger partial charge in [0.05, 0.1) is 11.8 Å². The van der Waals surface area contributed by atoms with Gasteiger partial charge in [0.15, 0.2) is 0 Å². The van der Waals surface area contributed by atoms with E-state index in [9.17, 15) is 9.59 Å². The topological polar surface area (TPSA) is 57.6 Å². The van der Waals surface area contributed by atoms with Crippen LogP contribution in [0.5, 0.6) is 0 Å². The molecule has 6 heteroatoms. The van der Waals surface area contributed by atoms with E-state index in [0.717, 1.165) is 0 Å². The molecule has 2 aliphatic rings. The zero-order valence-corrected chi connectivity index (χ0v) is 9.67. The number of hydrogen-bond donors (Lipinski definition) is 1. The maximum absolute atomic E-state index is 11.1. The molecular formula is C7H8INO3S. The Morgan fingerprint density at radius 2 is 2.46 bits per heavy atom. The summed E-state index contributed by atoms with van der Waals surface area (Å²) in [4.78, 5) is 23.7. The van der Waals surface area contributed by atoms with Crippen LogP contribution in [-0.4, -0.2) is 43.0 Å². The van der Waals surface area contributed by atoms with Crippen molar-refractivity contribution in [2.75, 3.05) is 12.3 Å². The van der Waals surface area contributed by atoms with Crippen molar-refractivity contribution in [1.29, 1.82) is 0 Å². The second-order valence-electron chi connectivity index (χ2n) is 3.26. The molecular weight excluding hydrogens is 305 g/mol. The number of aliphatic carboxylic acids is 1. The van der Waals surface area contributed by atoms with Gasteiger partial charge in [0.1, 0.15) is 3.42 Å². The molecule has 1 unspecified atom stereocenters. The van der Waals surface area contributed by atoms with Crippen LogP contribution in [0.25, 0.3) is 0 Å². The van der Waals surface area contributed by atoms with Crippen molar-refractivity contribution >= 4 is 46.2 Å². The standard InChI is InChI=1S/C7H8INO3S/c8-7(6(11)12)2-9-4(10)1-5(9)13-3-7/h5H,1-3H2,(H,11,12)/t5-,7?/m1/s1. The number of fused-ring (bicyclic) bond motifs is 1. The fraction of sp³-hybridized carbons (Fsp3) is 0.714. The fourth-order valence-electron chi connectivity index (χ4n) is 1.44. The van der Waals surface area contributed by atoms with Crippen LogP contribution < -0.4 is 0 Å². The number of carboxylic acid groups (broad SMARTS) is 1. The van der Waals surface area contributed by atoms with E-state index in [-0.39, 0.29) is 11.3 Å². The van der Waals surface area contributed by atoms with Crippen LogP contribution in [-0.2, 0) is 9.59 Å². The third-order valence-corrected chi connectivity index (χ3v) is 5.49. The molecule has 2 atom stereocenters. The van der Waals surface area contributed by atoms with Gasteiger partial charge in [-0.25, -0.2) is 0 Å². The number of rotatable bonds is 1. The summed E-state index contributed by atoms with van der Waals surface area (Å²) < 4.78 is -0.783. The number of alkyl halides is 1. The van der Waals surface area contributed by atoms with Crippen molar-refractivity contribution in [2.24, 2.45) is 0 Å². The van der Waals surface area contributed by atoms with Crippen molar-refractivity contribution in [3.05, 3.63) is 0 Å². The SMILES string of the molecule is O=C1C[C@H]2SCC(I)(C(=O)O)CN12. The molecule has 2 fully saturated rings. The first-order valence-electron chi connectivity index (χ1n) is 3.86. The van der Waals surface area contributed by atoms with Crippen molar-refractivity contribution in [2.45, 2.75) is 15.2 Å². The Balaban J connectivity index is 2.11. The van der Waals surface area contributed by atoms with E-state index in [4.69, 9.17) is 5.11 Å². The van der Waals surface area contributed by atoms with Crippen molar-refractivity contribution < 1.29 is 14.7 Å². The molecule has 1 amide bonds. The molecule has 72 valence electrons. The van der Waals surface area contributed by atoms with Crippen LogP contribution >= 0.6 is 34.4 Å². The molecule has 2 heterocycles. The van der Waals surface area contributed by atoms with E-state index < -0.39 is 9.39 Å². The minimum atomic E-state index is -0.821. The van der Waals surface area contributed by atoms with Gasteiger partial charge in [-0.05, 0) is 0 Å². The molecule has 0 aromatic carbocycles. The molecule has 0 aliphatic carbocycles. The first-order chi connectivity index (χ1) is 6.03. The molecule has 0 aromatic heterocycles. The second-order valence-corrected chi connectivity index (χ2v) is 6.49. The zero-order valence-electron chi connectivity index (χ0n) is 6.70. The van der Waals surface area contributed by atoms with Gasteiger partial charge in [0.25, 0.3) is 0 Å². The summed E-state index contributed by atoms with van der Waals surface area (Å²) in [7, 11) is 0. The quantitative estimate of drug-likeness (QED) is 0.436. The van der Waals surface area contributed by atoms with E-state index in [1.165, 1.54) is 0 Å².